The predicted molar refractivity (Wildman–Crippen MR) is 159 cm³/mol. The zero-order valence-corrected chi connectivity index (χ0v) is 23.7. The van der Waals surface area contributed by atoms with Gasteiger partial charge >= 0.3 is 0 Å². The maximum absolute atomic E-state index is 14.0. The molecule has 3 aromatic heterocycles. The van der Waals surface area contributed by atoms with Gasteiger partial charge in [0.1, 0.15) is 12.3 Å². The summed E-state index contributed by atoms with van der Waals surface area (Å²) in [6.07, 6.45) is 0.559. The highest BCUT2D eigenvalue weighted by Gasteiger charge is 2.34. The second kappa shape index (κ2) is 11.0. The molecule has 206 valence electrons. The summed E-state index contributed by atoms with van der Waals surface area (Å²) < 4.78 is 8.31. The molecule has 1 unspecified atom stereocenters. The van der Waals surface area contributed by atoms with Crippen molar-refractivity contribution >= 4 is 23.0 Å². The Morgan fingerprint density at radius 2 is 1.80 bits per heavy atom. The van der Waals surface area contributed by atoms with Crippen molar-refractivity contribution in [2.45, 2.75) is 32.9 Å². The van der Waals surface area contributed by atoms with Gasteiger partial charge in [-0.15, -0.1) is 11.3 Å². The van der Waals surface area contributed by atoms with E-state index < -0.39 is 0 Å². The highest BCUT2D eigenvalue weighted by Crippen LogP contribution is 2.35. The van der Waals surface area contributed by atoms with Gasteiger partial charge in [-0.1, -0.05) is 48.5 Å². The van der Waals surface area contributed by atoms with Crippen LogP contribution in [0.4, 0.5) is 0 Å². The minimum atomic E-state index is -0.350. The lowest BCUT2D eigenvalue weighted by Gasteiger charge is -2.23. The summed E-state index contributed by atoms with van der Waals surface area (Å²) >= 11 is 1.58. The monoisotopic (exact) mass is 564 g/mol. The Morgan fingerprint density at radius 1 is 1.02 bits per heavy atom. The van der Waals surface area contributed by atoms with Gasteiger partial charge in [0.05, 0.1) is 35.1 Å². The van der Waals surface area contributed by atoms with E-state index in [-0.39, 0.29) is 30.0 Å². The lowest BCUT2D eigenvalue weighted by Crippen LogP contribution is -2.36. The van der Waals surface area contributed by atoms with Crippen LogP contribution in [0.5, 0.6) is 5.75 Å². The van der Waals surface area contributed by atoms with Crippen LogP contribution in [0.2, 0.25) is 0 Å². The van der Waals surface area contributed by atoms with E-state index in [9.17, 15) is 9.59 Å². The summed E-state index contributed by atoms with van der Waals surface area (Å²) in [5.41, 5.74) is 4.31. The van der Waals surface area contributed by atoms with Crippen LogP contribution in [0.25, 0.3) is 17.2 Å². The van der Waals surface area contributed by atoms with Gasteiger partial charge in [0, 0.05) is 23.7 Å². The van der Waals surface area contributed by atoms with Crippen LogP contribution in [-0.4, -0.2) is 43.1 Å². The van der Waals surface area contributed by atoms with E-state index in [2.05, 4.69) is 5.10 Å². The van der Waals surface area contributed by atoms with Crippen LogP contribution in [0, 0.1) is 13.8 Å². The molecular formula is C31H28N6O3S. The average Bonchev–Trinajstić information content (AvgIpc) is 3.74. The first-order valence-corrected chi connectivity index (χ1v) is 14.1. The third-order valence-corrected chi connectivity index (χ3v) is 7.94. The Hall–Kier alpha value is -4.83. The molecule has 0 radical (unpaired) electrons. The Morgan fingerprint density at radius 3 is 2.46 bits per heavy atom. The number of ether oxygens (including phenoxy) is 1. The molecule has 0 aliphatic carbocycles. The number of benzene rings is 2. The van der Waals surface area contributed by atoms with E-state index in [0.717, 1.165) is 38.9 Å². The molecule has 0 fully saturated rings. The van der Waals surface area contributed by atoms with Gasteiger partial charge in [0.25, 0.3) is 11.5 Å². The zero-order chi connectivity index (χ0) is 28.5. The second-order valence-electron chi connectivity index (χ2n) is 9.83. The number of nitrogens with zero attached hydrogens (tertiary/aromatic N) is 6. The molecule has 0 spiro atoms. The number of carbonyl (C=O) groups is 1. The number of rotatable bonds is 7. The lowest BCUT2D eigenvalue weighted by molar-refractivity contribution is -0.133. The third-order valence-electron chi connectivity index (χ3n) is 7.02. The fraction of sp³-hybridized carbons (Fsp3) is 0.194. The molecule has 41 heavy (non-hydrogen) atoms. The van der Waals surface area contributed by atoms with Gasteiger partial charge in [-0.2, -0.15) is 10.2 Å². The van der Waals surface area contributed by atoms with Crippen molar-refractivity contribution in [3.05, 3.63) is 116 Å². The highest BCUT2D eigenvalue weighted by molar-refractivity contribution is 7.12. The first-order valence-electron chi connectivity index (χ1n) is 13.2. The normalized spacial score (nSPS) is 14.8. The van der Waals surface area contributed by atoms with Crippen molar-refractivity contribution in [1.82, 2.24) is 24.3 Å². The fourth-order valence-corrected chi connectivity index (χ4v) is 5.74. The standard InChI is InChI=1S/C31H28N6O3S/c1-20-16-21(2)36(33-20)31-32-25(22-8-5-4-6-9-22)18-29(38)35(31)19-30(39)37-27(23-11-13-24(40-3)14-12-23)17-26(34-37)28-10-7-15-41-28/h4-16,18,27H,17,19H2,1-3H3. The number of hydrogen-bond acceptors (Lipinski definition) is 7. The number of aryl methyl sites for hydroxylation is 2. The number of aromatic nitrogens is 4. The maximum atomic E-state index is 14.0. The quantitative estimate of drug-likeness (QED) is 0.272. The largest absolute Gasteiger partial charge is 0.497 e. The number of methoxy groups -OCH3 is 1. The highest BCUT2D eigenvalue weighted by atomic mass is 32.1. The zero-order valence-electron chi connectivity index (χ0n) is 22.9. The minimum Gasteiger partial charge on any atom is -0.497 e. The smallest absolute Gasteiger partial charge is 0.263 e. The number of hydrogen-bond donors (Lipinski definition) is 0. The lowest BCUT2D eigenvalue weighted by atomic mass is 10.0. The molecule has 0 saturated heterocycles. The Bertz CT molecular complexity index is 1790. The van der Waals surface area contributed by atoms with Gasteiger partial charge in [-0.05, 0) is 49.1 Å². The van der Waals surface area contributed by atoms with Crippen molar-refractivity contribution < 1.29 is 9.53 Å². The summed E-state index contributed by atoms with van der Waals surface area (Å²) in [7, 11) is 1.62. The Kier molecular flexibility index (Phi) is 7.07. The minimum absolute atomic E-state index is 0.248. The van der Waals surface area contributed by atoms with E-state index in [0.29, 0.717) is 12.1 Å². The molecule has 10 heteroatoms. The number of thiophene rings is 1. The van der Waals surface area contributed by atoms with Crippen LogP contribution in [0.1, 0.15) is 34.3 Å². The van der Waals surface area contributed by atoms with Crippen LogP contribution in [-0.2, 0) is 11.3 Å². The summed E-state index contributed by atoms with van der Waals surface area (Å²) in [6.45, 7) is 3.52. The maximum Gasteiger partial charge on any atom is 0.263 e. The number of carbonyl (C=O) groups excluding carboxylic acids is 1. The summed E-state index contributed by atoms with van der Waals surface area (Å²) in [5, 5.41) is 12.8. The predicted octanol–water partition coefficient (Wildman–Crippen LogP) is 5.16. The van der Waals surface area contributed by atoms with Crippen LogP contribution in [0.3, 0.4) is 0 Å². The Labute approximate surface area is 241 Å². The molecule has 1 amide bonds. The van der Waals surface area contributed by atoms with E-state index in [1.165, 1.54) is 15.6 Å². The summed E-state index contributed by atoms with van der Waals surface area (Å²) in [4.78, 5) is 33.4. The average molecular weight is 565 g/mol. The van der Waals surface area contributed by atoms with Gasteiger partial charge in [0.15, 0.2) is 0 Å². The molecule has 6 rings (SSSR count). The molecule has 1 aliphatic heterocycles. The van der Waals surface area contributed by atoms with Gasteiger partial charge in [0.2, 0.25) is 5.95 Å². The first kappa shape index (κ1) is 26.4. The topological polar surface area (TPSA) is 94.6 Å². The van der Waals surface area contributed by atoms with Crippen molar-refractivity contribution in [1.29, 1.82) is 0 Å². The molecule has 0 N–H and O–H groups in total. The number of amides is 1. The molecule has 0 saturated carbocycles. The van der Waals surface area contributed by atoms with Gasteiger partial charge in [-0.3, -0.25) is 14.2 Å². The van der Waals surface area contributed by atoms with Crippen molar-refractivity contribution in [3.63, 3.8) is 0 Å². The summed E-state index contributed by atoms with van der Waals surface area (Å²) in [6, 6.07) is 24.1. The molecule has 0 bridgehead atoms. The number of hydrazone groups is 1. The van der Waals surface area contributed by atoms with E-state index in [1.807, 2.05) is 92.0 Å². The van der Waals surface area contributed by atoms with E-state index in [4.69, 9.17) is 14.8 Å². The first-order chi connectivity index (χ1) is 19.9. The van der Waals surface area contributed by atoms with Gasteiger partial charge < -0.3 is 4.74 Å². The molecule has 2 aromatic carbocycles. The van der Waals surface area contributed by atoms with Gasteiger partial charge in [-0.25, -0.2) is 14.7 Å². The molecule has 1 aliphatic rings. The van der Waals surface area contributed by atoms with Crippen molar-refractivity contribution in [3.8, 4) is 23.0 Å². The van der Waals surface area contributed by atoms with E-state index in [1.54, 1.807) is 23.1 Å². The van der Waals surface area contributed by atoms with Crippen LogP contribution >= 0.6 is 11.3 Å². The summed E-state index contributed by atoms with van der Waals surface area (Å²) in [5.74, 6) is 0.684. The molecule has 4 heterocycles. The SMILES string of the molecule is COc1ccc(C2CC(c3cccs3)=NN2C(=O)Cn2c(-n3nc(C)cc3C)nc(-c3ccccc3)cc2=O)cc1. The van der Waals surface area contributed by atoms with Crippen LogP contribution in [0.15, 0.2) is 94.1 Å². The van der Waals surface area contributed by atoms with Crippen molar-refractivity contribution in [2.24, 2.45) is 5.10 Å². The van der Waals surface area contributed by atoms with Crippen molar-refractivity contribution in [2.75, 3.05) is 7.11 Å². The fourth-order valence-electron chi connectivity index (χ4n) is 5.02. The Balaban J connectivity index is 1.41. The molecule has 5 aromatic rings. The van der Waals surface area contributed by atoms with E-state index >= 15 is 0 Å². The second-order valence-corrected chi connectivity index (χ2v) is 10.8. The third kappa shape index (κ3) is 5.21. The molecule has 1 atom stereocenters. The van der Waals surface area contributed by atoms with Crippen LogP contribution < -0.4 is 10.3 Å². The molecular weight excluding hydrogens is 536 g/mol. The molecule has 9 nitrogen and oxygen atoms in total.